The molecule has 0 unspecified atom stereocenters. The van der Waals surface area contributed by atoms with Crippen LogP contribution in [0.2, 0.25) is 0 Å². The van der Waals surface area contributed by atoms with Crippen molar-refractivity contribution < 1.29 is 90.8 Å². The van der Waals surface area contributed by atoms with E-state index in [2.05, 4.69) is 0 Å². The molecular weight excluding hydrogens is 456 g/mol. The van der Waals surface area contributed by atoms with Crippen molar-refractivity contribution in [2.75, 3.05) is 0 Å². The van der Waals surface area contributed by atoms with Gasteiger partial charge in [0.1, 0.15) is 0 Å². The third kappa shape index (κ3) is 6.30. The SMILES string of the molecule is F[C-]=C(F)C(F)(F)C(F)(F)C(F)(F)C(F)(F)F.O=S(=O)(O)c1ccccc1.[Na+]. The van der Waals surface area contributed by atoms with Crippen LogP contribution in [0, 0.1) is 6.33 Å². The van der Waals surface area contributed by atoms with E-state index < -0.39 is 46.2 Å². The summed E-state index contributed by atoms with van der Waals surface area (Å²) in [5.74, 6) is -25.0. The van der Waals surface area contributed by atoms with Crippen LogP contribution in [0.25, 0.3) is 0 Å². The first-order valence-electron chi connectivity index (χ1n) is 5.96. The van der Waals surface area contributed by atoms with Crippen LogP contribution >= 0.6 is 0 Å². The van der Waals surface area contributed by atoms with Gasteiger partial charge in [0.15, 0.2) is 0 Å². The topological polar surface area (TPSA) is 54.4 Å². The Morgan fingerprint density at radius 1 is 0.857 bits per heavy atom. The van der Waals surface area contributed by atoms with Gasteiger partial charge in [-0.3, -0.25) is 10.9 Å². The van der Waals surface area contributed by atoms with Crippen LogP contribution < -0.4 is 29.6 Å². The van der Waals surface area contributed by atoms with Crippen LogP contribution in [0.3, 0.4) is 0 Å². The zero-order valence-corrected chi connectivity index (χ0v) is 16.0. The van der Waals surface area contributed by atoms with Crippen molar-refractivity contribution >= 4 is 10.1 Å². The van der Waals surface area contributed by atoms with E-state index >= 15 is 0 Å². The Morgan fingerprint density at radius 2 is 1.25 bits per heavy atom. The summed E-state index contributed by atoms with van der Waals surface area (Å²) in [5.41, 5.74) is 0. The summed E-state index contributed by atoms with van der Waals surface area (Å²) < 4.78 is 159. The van der Waals surface area contributed by atoms with Crippen molar-refractivity contribution in [2.45, 2.75) is 28.8 Å². The Labute approximate surface area is 172 Å². The van der Waals surface area contributed by atoms with Crippen molar-refractivity contribution in [3.8, 4) is 0 Å². The maximum Gasteiger partial charge on any atom is 1.00 e. The van der Waals surface area contributed by atoms with E-state index in [1.807, 2.05) is 0 Å². The molecule has 0 aliphatic rings. The van der Waals surface area contributed by atoms with E-state index in [4.69, 9.17) is 4.55 Å². The standard InChI is InChI=1S/C6F11.C6H6O3S.Na/c7-1-2(8)3(9,10)4(11,12)5(13,14)6(15,16)17;7-10(8,9)6-4-2-1-3-5-6;/h;1-5H,(H,7,8,9);/q-1;;+1. The molecule has 156 valence electrons. The molecule has 1 rings (SSSR count). The number of hydrogen-bond acceptors (Lipinski definition) is 2. The first kappa shape index (κ1) is 29.3. The largest absolute Gasteiger partial charge is 1.00 e. The minimum Gasteiger partial charge on any atom is -0.455 e. The molecule has 1 N–H and O–H groups in total. The Kier molecular flexibility index (Phi) is 10.2. The predicted octanol–water partition coefficient (Wildman–Crippen LogP) is 1.98. The fourth-order valence-corrected chi connectivity index (χ4v) is 1.67. The van der Waals surface area contributed by atoms with Crippen LogP contribution in [0.5, 0.6) is 0 Å². The van der Waals surface area contributed by atoms with Gasteiger partial charge in [0.25, 0.3) is 10.1 Å². The van der Waals surface area contributed by atoms with E-state index in [1.165, 1.54) is 12.1 Å². The molecule has 28 heavy (non-hydrogen) atoms. The van der Waals surface area contributed by atoms with Gasteiger partial charge in [0, 0.05) is 5.83 Å². The summed E-state index contributed by atoms with van der Waals surface area (Å²) in [7, 11) is -4.00. The third-order valence-corrected chi connectivity index (χ3v) is 3.41. The van der Waals surface area contributed by atoms with Gasteiger partial charge >= 0.3 is 53.5 Å². The van der Waals surface area contributed by atoms with E-state index in [-0.39, 0.29) is 34.5 Å². The number of halogens is 11. The molecule has 0 aliphatic carbocycles. The second-order valence-corrected chi connectivity index (χ2v) is 5.84. The van der Waals surface area contributed by atoms with Crippen LogP contribution in [0.15, 0.2) is 41.1 Å². The second kappa shape index (κ2) is 9.73. The van der Waals surface area contributed by atoms with Crippen LogP contribution in [0.4, 0.5) is 48.3 Å². The summed E-state index contributed by atoms with van der Waals surface area (Å²) in [6.45, 7) is 0. The van der Waals surface area contributed by atoms with Crippen molar-refractivity contribution in [2.24, 2.45) is 0 Å². The average molecular weight is 462 g/mol. The van der Waals surface area contributed by atoms with Gasteiger partial charge in [-0.25, -0.2) is 4.39 Å². The monoisotopic (exact) mass is 462 g/mol. The molecule has 0 saturated carbocycles. The zero-order valence-electron chi connectivity index (χ0n) is 13.2. The Bertz CT molecular complexity index is 761. The Hall–Kier alpha value is -0.900. The van der Waals surface area contributed by atoms with Crippen LogP contribution in [0.1, 0.15) is 0 Å². The van der Waals surface area contributed by atoms with E-state index in [1.54, 1.807) is 18.2 Å². The first-order valence-corrected chi connectivity index (χ1v) is 7.40. The number of rotatable bonds is 4. The van der Waals surface area contributed by atoms with Gasteiger partial charge in [0.2, 0.25) is 0 Å². The van der Waals surface area contributed by atoms with E-state index in [9.17, 15) is 56.7 Å². The molecule has 0 saturated heterocycles. The Balaban J connectivity index is 0. The van der Waals surface area contributed by atoms with Crippen LogP contribution in [-0.4, -0.2) is 36.9 Å². The maximum atomic E-state index is 12.2. The molecule has 0 spiro atoms. The molecule has 0 fully saturated rings. The maximum absolute atomic E-state index is 12.2. The van der Waals surface area contributed by atoms with Gasteiger partial charge in [-0.1, -0.05) is 18.2 Å². The molecule has 0 atom stereocenters. The summed E-state index contributed by atoms with van der Waals surface area (Å²) in [4.78, 5) is -0.0741. The van der Waals surface area contributed by atoms with E-state index in [0.29, 0.717) is 0 Å². The number of alkyl halides is 9. The third-order valence-electron chi connectivity index (χ3n) is 2.54. The number of hydrogen-bond donors (Lipinski definition) is 1. The van der Waals surface area contributed by atoms with Gasteiger partial charge in [-0.15, -0.1) is 0 Å². The molecule has 3 nitrogen and oxygen atoms in total. The van der Waals surface area contributed by atoms with Crippen molar-refractivity contribution in [3.05, 3.63) is 42.5 Å². The minimum atomic E-state index is -7.25. The van der Waals surface area contributed by atoms with E-state index in [0.717, 1.165) is 0 Å². The normalized spacial score (nSPS) is 13.9. The summed E-state index contributed by atoms with van der Waals surface area (Å²) in [6.07, 6.45) is -7.82. The van der Waals surface area contributed by atoms with Gasteiger partial charge < -0.3 is 4.39 Å². The Morgan fingerprint density at radius 3 is 1.50 bits per heavy atom. The van der Waals surface area contributed by atoms with Gasteiger partial charge in [-0.05, 0) is 12.1 Å². The molecule has 1 aromatic carbocycles. The molecule has 0 radical (unpaired) electrons. The predicted molar refractivity (Wildman–Crippen MR) is 66.1 cm³/mol. The summed E-state index contributed by atoms with van der Waals surface area (Å²) >= 11 is 0. The first-order chi connectivity index (χ1) is 11.8. The second-order valence-electron chi connectivity index (χ2n) is 4.42. The molecule has 0 amide bonds. The fourth-order valence-electron chi connectivity index (χ4n) is 1.16. The summed E-state index contributed by atoms with van der Waals surface area (Å²) in [6, 6.07) is 7.42. The average Bonchev–Trinajstić information content (AvgIpc) is 2.53. The van der Waals surface area contributed by atoms with Crippen LogP contribution in [-0.2, 0) is 10.1 Å². The fraction of sp³-hybridized carbons (Fsp3) is 0.333. The van der Waals surface area contributed by atoms with Gasteiger partial charge in [0.05, 0.1) is 4.90 Å². The smallest absolute Gasteiger partial charge is 0.455 e. The molecule has 0 aliphatic heterocycles. The number of allylic oxidation sites excluding steroid dienone is 1. The van der Waals surface area contributed by atoms with Crippen molar-refractivity contribution in [3.63, 3.8) is 0 Å². The molecule has 0 aromatic heterocycles. The zero-order chi connectivity index (χ0) is 21.9. The van der Waals surface area contributed by atoms with Crippen molar-refractivity contribution in [1.29, 1.82) is 0 Å². The minimum absolute atomic E-state index is 0. The molecular formula is C12H6F11NaO3S. The number of benzene rings is 1. The quantitative estimate of drug-likeness (QED) is 0.323. The molecule has 16 heteroatoms. The molecule has 0 bridgehead atoms. The van der Waals surface area contributed by atoms with Gasteiger partial charge in [-0.2, -0.15) is 47.9 Å². The molecule has 0 heterocycles. The summed E-state index contributed by atoms with van der Waals surface area (Å²) in [5, 5.41) is 0. The molecule has 1 aromatic rings. The van der Waals surface area contributed by atoms with Crippen molar-refractivity contribution in [1.82, 2.24) is 0 Å².